The second-order valence-corrected chi connectivity index (χ2v) is 12.6. The number of benzene rings is 1. The Bertz CT molecular complexity index is 1510. The van der Waals surface area contributed by atoms with E-state index in [1.807, 2.05) is 21.1 Å². The molecule has 0 amide bonds. The van der Waals surface area contributed by atoms with Crippen LogP contribution in [0.5, 0.6) is 5.75 Å². The van der Waals surface area contributed by atoms with Crippen LogP contribution in [0.4, 0.5) is 10.1 Å². The zero-order chi connectivity index (χ0) is 27.7. The first-order chi connectivity index (χ1) is 18.7. The lowest BCUT2D eigenvalue weighted by atomic mass is 10.1. The van der Waals surface area contributed by atoms with E-state index in [2.05, 4.69) is 36.6 Å². The van der Waals surface area contributed by atoms with E-state index < -0.39 is 11.3 Å². The van der Waals surface area contributed by atoms with Crippen molar-refractivity contribution in [3.63, 3.8) is 0 Å². The maximum atomic E-state index is 14.1. The van der Waals surface area contributed by atoms with E-state index in [-0.39, 0.29) is 11.5 Å². The minimum Gasteiger partial charge on any atom is -0.501 e. The summed E-state index contributed by atoms with van der Waals surface area (Å²) in [5, 5.41) is 11.3. The second kappa shape index (κ2) is 11.7. The van der Waals surface area contributed by atoms with Gasteiger partial charge in [0.15, 0.2) is 4.96 Å². The summed E-state index contributed by atoms with van der Waals surface area (Å²) in [5.41, 5.74) is 1.52. The van der Waals surface area contributed by atoms with Crippen LogP contribution in [0.3, 0.4) is 0 Å². The Morgan fingerprint density at radius 2 is 1.85 bits per heavy atom. The van der Waals surface area contributed by atoms with Crippen LogP contribution in [0.15, 0.2) is 35.4 Å². The number of aromatic nitrogens is 3. The molecule has 1 aromatic carbocycles. The molecule has 0 spiro atoms. The third-order valence-corrected chi connectivity index (χ3v) is 8.96. The molecule has 208 valence electrons. The van der Waals surface area contributed by atoms with E-state index in [0.29, 0.717) is 16.4 Å². The van der Waals surface area contributed by atoms with Gasteiger partial charge in [0.25, 0.3) is 0 Å². The molecule has 0 aliphatic carbocycles. The van der Waals surface area contributed by atoms with Crippen molar-refractivity contribution in [1.82, 2.24) is 29.1 Å². The third-order valence-electron chi connectivity index (χ3n) is 6.99. The Morgan fingerprint density at radius 3 is 2.59 bits per heavy atom. The molecule has 5 rings (SSSR count). The average molecular weight is 572 g/mol. The number of anilines is 1. The Balaban J connectivity index is 1.38. The summed E-state index contributed by atoms with van der Waals surface area (Å²) in [4.78, 5) is 33.5. The van der Waals surface area contributed by atoms with Gasteiger partial charge in [-0.3, -0.25) is 14.1 Å². The number of piperazine rings is 1. The molecule has 1 fully saturated rings. The van der Waals surface area contributed by atoms with Gasteiger partial charge < -0.3 is 19.8 Å². The normalized spacial score (nSPS) is 15.0. The molecule has 9 nitrogen and oxygen atoms in total. The number of hydrogen-bond acceptors (Lipinski definition) is 10. The first-order valence-electron chi connectivity index (χ1n) is 12.9. The summed E-state index contributed by atoms with van der Waals surface area (Å²) < 4.78 is 15.5. The van der Waals surface area contributed by atoms with Crippen molar-refractivity contribution in [2.24, 2.45) is 0 Å². The summed E-state index contributed by atoms with van der Waals surface area (Å²) in [5.74, 6) is -0.676. The first kappa shape index (κ1) is 27.7. The van der Waals surface area contributed by atoms with Crippen molar-refractivity contribution < 1.29 is 9.50 Å². The standard InChI is InChI=1S/C27H34FN7O2S2/c1-31(2)7-10-33(4)22-14-19(28)6-5-18(22)13-20-15-29-25(38-20)23-24(36)26(37)35-17-21(39-27(35)30-23)16-34-11-8-32(3)9-12-34/h5-6,14-15,17,36H,7-13,16H2,1-4H3. The quantitative estimate of drug-likeness (QED) is 0.329. The average Bonchev–Trinajstić information content (AvgIpc) is 3.54. The molecule has 0 saturated carbocycles. The molecule has 1 aliphatic rings. The van der Waals surface area contributed by atoms with Crippen molar-refractivity contribution in [3.8, 4) is 16.5 Å². The molecule has 0 unspecified atom stereocenters. The molecule has 0 radical (unpaired) electrons. The van der Waals surface area contributed by atoms with Gasteiger partial charge in [-0.2, -0.15) is 0 Å². The van der Waals surface area contributed by atoms with Crippen LogP contribution in [-0.2, 0) is 13.0 Å². The summed E-state index contributed by atoms with van der Waals surface area (Å²) >= 11 is 2.84. The minimum absolute atomic E-state index is 0.201. The van der Waals surface area contributed by atoms with Crippen LogP contribution in [-0.4, -0.2) is 102 Å². The Labute approximate surface area is 235 Å². The fraction of sp³-hybridized carbons (Fsp3) is 0.444. The highest BCUT2D eigenvalue weighted by molar-refractivity contribution is 7.17. The zero-order valence-electron chi connectivity index (χ0n) is 22.7. The maximum absolute atomic E-state index is 14.1. The van der Waals surface area contributed by atoms with E-state index in [9.17, 15) is 14.3 Å². The highest BCUT2D eigenvalue weighted by Crippen LogP contribution is 2.33. The molecule has 12 heteroatoms. The lowest BCUT2D eigenvalue weighted by Gasteiger charge is -2.31. The number of rotatable bonds is 9. The number of hydrogen-bond donors (Lipinski definition) is 1. The van der Waals surface area contributed by atoms with Gasteiger partial charge in [0.05, 0.1) is 0 Å². The summed E-state index contributed by atoms with van der Waals surface area (Å²) in [7, 11) is 8.11. The monoisotopic (exact) mass is 571 g/mol. The lowest BCUT2D eigenvalue weighted by molar-refractivity contribution is 0.149. The van der Waals surface area contributed by atoms with Gasteiger partial charge in [0.1, 0.15) is 16.5 Å². The second-order valence-electron chi connectivity index (χ2n) is 10.4. The van der Waals surface area contributed by atoms with Crippen LogP contribution >= 0.6 is 22.7 Å². The van der Waals surface area contributed by atoms with E-state index in [1.54, 1.807) is 24.5 Å². The van der Waals surface area contributed by atoms with E-state index in [4.69, 9.17) is 0 Å². The molecule has 1 aliphatic heterocycles. The molecule has 0 atom stereocenters. The minimum atomic E-state index is -0.490. The van der Waals surface area contributed by atoms with Crippen molar-refractivity contribution >= 4 is 33.3 Å². The summed E-state index contributed by atoms with van der Waals surface area (Å²) in [6.45, 7) is 6.36. The maximum Gasteiger partial charge on any atom is 0.301 e. The Kier molecular flexibility index (Phi) is 8.29. The van der Waals surface area contributed by atoms with Crippen LogP contribution in [0, 0.1) is 5.82 Å². The summed E-state index contributed by atoms with van der Waals surface area (Å²) in [6.07, 6.45) is 4.08. The van der Waals surface area contributed by atoms with Crippen LogP contribution < -0.4 is 10.5 Å². The Morgan fingerprint density at radius 1 is 1.08 bits per heavy atom. The Hall–Kier alpha value is -2.90. The molecule has 1 N–H and O–H groups in total. The zero-order valence-corrected chi connectivity index (χ0v) is 24.4. The molecule has 39 heavy (non-hydrogen) atoms. The number of thiazole rings is 2. The molecule has 4 heterocycles. The van der Waals surface area contributed by atoms with Gasteiger partial charge in [0, 0.05) is 87.1 Å². The molecular formula is C27H34FN7O2S2. The van der Waals surface area contributed by atoms with Gasteiger partial charge in [-0.15, -0.1) is 11.3 Å². The predicted molar refractivity (Wildman–Crippen MR) is 156 cm³/mol. The lowest BCUT2D eigenvalue weighted by Crippen LogP contribution is -2.43. The topological polar surface area (TPSA) is 80.5 Å². The highest BCUT2D eigenvalue weighted by Gasteiger charge is 2.21. The SMILES string of the molecule is CN(C)CCN(C)c1cc(F)ccc1Cc1cnc(-c2nc3sc(CN4CCN(C)CC4)cn3c(=O)c2O)s1. The first-order valence-corrected chi connectivity index (χ1v) is 14.6. The van der Waals surface area contributed by atoms with Gasteiger partial charge in [-0.25, -0.2) is 14.4 Å². The number of aromatic hydroxyl groups is 1. The van der Waals surface area contributed by atoms with Crippen LogP contribution in [0.1, 0.15) is 15.3 Å². The number of halogens is 1. The number of fused-ring (bicyclic) bond motifs is 1. The molecule has 3 aromatic heterocycles. The smallest absolute Gasteiger partial charge is 0.301 e. The van der Waals surface area contributed by atoms with E-state index in [1.165, 1.54) is 33.1 Å². The van der Waals surface area contributed by atoms with Gasteiger partial charge in [0.2, 0.25) is 5.75 Å². The van der Waals surface area contributed by atoms with E-state index >= 15 is 0 Å². The highest BCUT2D eigenvalue weighted by atomic mass is 32.1. The molecule has 0 bridgehead atoms. The summed E-state index contributed by atoms with van der Waals surface area (Å²) in [6, 6.07) is 4.84. The van der Waals surface area contributed by atoms with Crippen LogP contribution in [0.2, 0.25) is 0 Å². The van der Waals surface area contributed by atoms with Crippen molar-refractivity contribution in [2.75, 3.05) is 72.4 Å². The number of nitrogens with zero attached hydrogens (tertiary/aromatic N) is 7. The van der Waals surface area contributed by atoms with Crippen LogP contribution in [0.25, 0.3) is 15.7 Å². The van der Waals surface area contributed by atoms with Gasteiger partial charge in [-0.05, 0) is 38.8 Å². The third kappa shape index (κ3) is 6.30. The molecule has 1 saturated heterocycles. The fourth-order valence-electron chi connectivity index (χ4n) is 4.63. The van der Waals surface area contributed by atoms with Gasteiger partial charge >= 0.3 is 5.56 Å². The number of likely N-dealkylation sites (N-methyl/N-ethyl adjacent to an activating group) is 3. The fourth-order valence-corrected chi connectivity index (χ4v) is 6.56. The van der Waals surface area contributed by atoms with E-state index in [0.717, 1.165) is 66.8 Å². The van der Waals surface area contributed by atoms with Crippen molar-refractivity contribution in [1.29, 1.82) is 0 Å². The largest absolute Gasteiger partial charge is 0.501 e. The van der Waals surface area contributed by atoms with Crippen molar-refractivity contribution in [2.45, 2.75) is 13.0 Å². The van der Waals surface area contributed by atoms with Crippen molar-refractivity contribution in [3.05, 3.63) is 62.1 Å². The molecule has 4 aromatic rings. The molecular weight excluding hydrogens is 537 g/mol. The van der Waals surface area contributed by atoms with Gasteiger partial charge in [-0.1, -0.05) is 17.4 Å². The predicted octanol–water partition coefficient (Wildman–Crippen LogP) is 3.06.